The molecule has 0 saturated heterocycles. The lowest BCUT2D eigenvalue weighted by Gasteiger charge is -2.12. The molecule has 0 radical (unpaired) electrons. The Morgan fingerprint density at radius 1 is 1.10 bits per heavy atom. The first-order valence-corrected chi connectivity index (χ1v) is 6.56. The van der Waals surface area contributed by atoms with Gasteiger partial charge in [0.15, 0.2) is 0 Å². The average molecular weight is 286 g/mol. The number of hydrogen-bond donors (Lipinski definition) is 1. The predicted octanol–water partition coefficient (Wildman–Crippen LogP) is 2.50. The molecule has 1 heterocycles. The predicted molar refractivity (Wildman–Crippen MR) is 80.2 cm³/mol. The molecule has 0 fully saturated rings. The van der Waals surface area contributed by atoms with Crippen molar-refractivity contribution in [3.05, 3.63) is 69.7 Å². The summed E-state index contributed by atoms with van der Waals surface area (Å²) in [4.78, 5) is 17.2. The van der Waals surface area contributed by atoms with Gasteiger partial charge in [-0.2, -0.15) is 0 Å². The summed E-state index contributed by atoms with van der Waals surface area (Å²) in [6, 6.07) is 14.5. The molecular weight excluding hydrogens is 274 g/mol. The molecule has 1 aromatic heterocycles. The largest absolute Gasteiger partial charge is 0.324 e. The number of rotatable bonds is 2. The van der Waals surface area contributed by atoms with Crippen LogP contribution in [0.1, 0.15) is 5.82 Å². The van der Waals surface area contributed by atoms with E-state index in [9.17, 15) is 4.79 Å². The summed E-state index contributed by atoms with van der Waals surface area (Å²) in [6.07, 6.45) is 0. The van der Waals surface area contributed by atoms with Crippen LogP contribution >= 0.6 is 11.6 Å². The molecule has 0 atom stereocenters. The summed E-state index contributed by atoms with van der Waals surface area (Å²) in [7, 11) is 0. The molecule has 2 aromatic carbocycles. The Bertz CT molecular complexity index is 828. The lowest BCUT2D eigenvalue weighted by molar-refractivity contribution is 0.816. The van der Waals surface area contributed by atoms with Gasteiger partial charge in [-0.3, -0.25) is 9.36 Å². The Labute approximate surface area is 120 Å². The van der Waals surface area contributed by atoms with Crippen molar-refractivity contribution in [2.45, 2.75) is 6.54 Å². The van der Waals surface area contributed by atoms with Crippen molar-refractivity contribution in [2.24, 2.45) is 5.73 Å². The molecule has 3 aromatic rings. The van der Waals surface area contributed by atoms with Crippen molar-refractivity contribution < 1.29 is 0 Å². The van der Waals surface area contributed by atoms with Crippen LogP contribution < -0.4 is 11.3 Å². The van der Waals surface area contributed by atoms with Gasteiger partial charge in [0.1, 0.15) is 5.82 Å². The Morgan fingerprint density at radius 3 is 2.55 bits per heavy atom. The van der Waals surface area contributed by atoms with Crippen LogP contribution in [-0.2, 0) is 6.54 Å². The summed E-state index contributed by atoms with van der Waals surface area (Å²) in [6.45, 7) is 0.173. The minimum atomic E-state index is -0.202. The smallest absolute Gasteiger partial charge is 0.267 e. The zero-order valence-corrected chi connectivity index (χ0v) is 11.3. The van der Waals surface area contributed by atoms with Crippen LogP contribution in [0.15, 0.2) is 53.3 Å². The topological polar surface area (TPSA) is 60.9 Å². The number of aromatic nitrogens is 2. The first-order valence-electron chi connectivity index (χ1n) is 6.18. The molecule has 0 aliphatic carbocycles. The van der Waals surface area contributed by atoms with E-state index in [4.69, 9.17) is 17.3 Å². The molecule has 5 heteroatoms. The fourth-order valence-electron chi connectivity index (χ4n) is 2.22. The maximum Gasteiger partial charge on any atom is 0.267 e. The number of nitrogens with two attached hydrogens (primary N) is 1. The summed E-state index contributed by atoms with van der Waals surface area (Å²) in [5, 5.41) is 0.809. The molecule has 0 bridgehead atoms. The van der Waals surface area contributed by atoms with Crippen molar-refractivity contribution in [2.75, 3.05) is 0 Å². The Hall–Kier alpha value is -2.17. The number of halogens is 1. The van der Waals surface area contributed by atoms with Crippen molar-refractivity contribution in [1.82, 2.24) is 9.55 Å². The number of para-hydroxylation sites is 1. The van der Waals surface area contributed by atoms with E-state index >= 15 is 0 Å². The molecule has 0 aliphatic rings. The molecule has 0 aliphatic heterocycles. The second kappa shape index (κ2) is 5.07. The SMILES string of the molecule is NCc1nc2cccc(Cl)c2c(=O)n1-c1ccccc1. The van der Waals surface area contributed by atoms with E-state index in [2.05, 4.69) is 4.98 Å². The van der Waals surface area contributed by atoms with Gasteiger partial charge in [-0.25, -0.2) is 4.98 Å². The van der Waals surface area contributed by atoms with Gasteiger partial charge in [0.25, 0.3) is 5.56 Å². The number of benzene rings is 2. The maximum atomic E-state index is 12.7. The summed E-state index contributed by atoms with van der Waals surface area (Å²) in [5.41, 5.74) is 6.82. The van der Waals surface area contributed by atoms with Gasteiger partial charge in [0.2, 0.25) is 0 Å². The number of fused-ring (bicyclic) bond motifs is 1. The minimum Gasteiger partial charge on any atom is -0.324 e. The second-order valence-corrected chi connectivity index (χ2v) is 4.75. The lowest BCUT2D eigenvalue weighted by atomic mass is 10.2. The van der Waals surface area contributed by atoms with Gasteiger partial charge in [-0.05, 0) is 24.3 Å². The van der Waals surface area contributed by atoms with Gasteiger partial charge in [-0.15, -0.1) is 0 Å². The molecule has 0 amide bonds. The van der Waals surface area contributed by atoms with E-state index in [0.717, 1.165) is 5.69 Å². The third-order valence-corrected chi connectivity index (χ3v) is 3.43. The Morgan fingerprint density at radius 2 is 1.85 bits per heavy atom. The van der Waals surface area contributed by atoms with Crippen molar-refractivity contribution in [3.8, 4) is 5.69 Å². The normalized spacial score (nSPS) is 10.9. The second-order valence-electron chi connectivity index (χ2n) is 4.34. The minimum absolute atomic E-state index is 0.173. The number of nitrogens with zero attached hydrogens (tertiary/aromatic N) is 2. The summed E-state index contributed by atoms with van der Waals surface area (Å²) < 4.78 is 1.51. The summed E-state index contributed by atoms with van der Waals surface area (Å²) >= 11 is 6.13. The quantitative estimate of drug-likeness (QED) is 0.787. The molecule has 4 nitrogen and oxygen atoms in total. The van der Waals surface area contributed by atoms with E-state index in [1.807, 2.05) is 30.3 Å². The molecule has 100 valence electrons. The third-order valence-electron chi connectivity index (χ3n) is 3.11. The lowest BCUT2D eigenvalue weighted by Crippen LogP contribution is -2.25. The molecular formula is C15H12ClN3O. The van der Waals surface area contributed by atoms with Crippen LogP contribution in [0.2, 0.25) is 5.02 Å². The zero-order valence-electron chi connectivity index (χ0n) is 10.6. The van der Waals surface area contributed by atoms with Gasteiger partial charge < -0.3 is 5.73 Å². The van der Waals surface area contributed by atoms with Crippen LogP contribution in [0.25, 0.3) is 16.6 Å². The number of hydrogen-bond acceptors (Lipinski definition) is 3. The molecule has 20 heavy (non-hydrogen) atoms. The van der Waals surface area contributed by atoms with E-state index in [-0.39, 0.29) is 12.1 Å². The van der Waals surface area contributed by atoms with Crippen molar-refractivity contribution in [3.63, 3.8) is 0 Å². The van der Waals surface area contributed by atoms with E-state index < -0.39 is 0 Å². The van der Waals surface area contributed by atoms with Crippen molar-refractivity contribution in [1.29, 1.82) is 0 Å². The molecule has 2 N–H and O–H groups in total. The highest BCUT2D eigenvalue weighted by molar-refractivity contribution is 6.35. The van der Waals surface area contributed by atoms with Gasteiger partial charge >= 0.3 is 0 Å². The van der Waals surface area contributed by atoms with Gasteiger partial charge in [-0.1, -0.05) is 35.9 Å². The Balaban J connectivity index is 2.45. The maximum absolute atomic E-state index is 12.7. The van der Waals surface area contributed by atoms with Crippen molar-refractivity contribution >= 4 is 22.5 Å². The molecule has 3 rings (SSSR count). The Kier molecular flexibility index (Phi) is 3.26. The third kappa shape index (κ3) is 1.99. The van der Waals surface area contributed by atoms with E-state index in [1.165, 1.54) is 4.57 Å². The highest BCUT2D eigenvalue weighted by Crippen LogP contribution is 2.20. The molecule has 0 saturated carbocycles. The fourth-order valence-corrected chi connectivity index (χ4v) is 2.47. The monoisotopic (exact) mass is 285 g/mol. The van der Waals surface area contributed by atoms with E-state index in [1.54, 1.807) is 18.2 Å². The van der Waals surface area contributed by atoms with Crippen LogP contribution in [0.5, 0.6) is 0 Å². The molecule has 0 spiro atoms. The molecule has 0 unspecified atom stereocenters. The van der Waals surface area contributed by atoms with Crippen LogP contribution in [0.3, 0.4) is 0 Å². The average Bonchev–Trinajstić information content (AvgIpc) is 2.47. The van der Waals surface area contributed by atoms with Gasteiger partial charge in [0.05, 0.1) is 28.2 Å². The van der Waals surface area contributed by atoms with E-state index in [0.29, 0.717) is 21.7 Å². The first kappa shape index (κ1) is 12.8. The first-order chi connectivity index (χ1) is 9.72. The zero-order chi connectivity index (χ0) is 14.1. The van der Waals surface area contributed by atoms with Crippen LogP contribution in [0, 0.1) is 0 Å². The summed E-state index contributed by atoms with van der Waals surface area (Å²) in [5.74, 6) is 0.510. The highest BCUT2D eigenvalue weighted by atomic mass is 35.5. The van der Waals surface area contributed by atoms with Gasteiger partial charge in [0, 0.05) is 0 Å². The fraction of sp³-hybridized carbons (Fsp3) is 0.0667. The highest BCUT2D eigenvalue weighted by Gasteiger charge is 2.13. The van der Waals surface area contributed by atoms with Crippen LogP contribution in [-0.4, -0.2) is 9.55 Å². The standard InChI is InChI=1S/C15H12ClN3O/c16-11-7-4-8-12-14(11)15(20)19(13(9-17)18-12)10-5-2-1-3-6-10/h1-8H,9,17H2. The van der Waals surface area contributed by atoms with Crippen LogP contribution in [0.4, 0.5) is 0 Å².